The van der Waals surface area contributed by atoms with Gasteiger partial charge in [-0.05, 0) is 18.1 Å². The molecule has 1 amide bonds. The average molecular weight is 340 g/mol. The van der Waals surface area contributed by atoms with E-state index in [-0.39, 0.29) is 12.2 Å². The van der Waals surface area contributed by atoms with E-state index in [9.17, 15) is 22.8 Å². The van der Waals surface area contributed by atoms with Crippen LogP contribution in [0.2, 0.25) is 0 Å². The maximum Gasteiger partial charge on any atom is 0.414 e. The molecule has 1 aromatic carbocycles. The molecule has 0 aliphatic carbocycles. The number of fused-ring (bicyclic) bond motifs is 3. The molecule has 1 aromatic heterocycles. The van der Waals surface area contributed by atoms with E-state index in [4.69, 9.17) is 5.11 Å². The number of alkyl halides is 3. The van der Waals surface area contributed by atoms with Gasteiger partial charge in [-0.2, -0.15) is 13.2 Å². The third kappa shape index (κ3) is 2.83. The summed E-state index contributed by atoms with van der Waals surface area (Å²) in [6, 6.07) is 4.85. The highest BCUT2D eigenvalue weighted by molar-refractivity contribution is 5.86. The Hall–Kier alpha value is -2.51. The summed E-state index contributed by atoms with van der Waals surface area (Å²) >= 11 is 0. The van der Waals surface area contributed by atoms with Gasteiger partial charge in [0.05, 0.1) is 12.1 Å². The summed E-state index contributed by atoms with van der Waals surface area (Å²) in [5.74, 6) is -2.01. The second-order valence-corrected chi connectivity index (χ2v) is 5.74. The van der Waals surface area contributed by atoms with Gasteiger partial charge in [-0.3, -0.25) is 9.59 Å². The Bertz CT molecular complexity index is 797. The van der Waals surface area contributed by atoms with Crippen molar-refractivity contribution in [1.82, 2.24) is 9.88 Å². The van der Waals surface area contributed by atoms with Crippen LogP contribution in [0.15, 0.2) is 24.3 Å². The summed E-state index contributed by atoms with van der Waals surface area (Å²) in [7, 11) is 0. The topological polar surface area (TPSA) is 73.4 Å². The van der Waals surface area contributed by atoms with Crippen LogP contribution in [0.25, 0.3) is 10.9 Å². The molecule has 2 heterocycles. The zero-order valence-electron chi connectivity index (χ0n) is 12.6. The molecule has 0 fully saturated rings. The smallest absolute Gasteiger partial charge is 0.414 e. The molecule has 5 nitrogen and oxygen atoms in total. The number of nitrogens with zero attached hydrogens (tertiary/aromatic N) is 1. The van der Waals surface area contributed by atoms with Crippen molar-refractivity contribution in [2.24, 2.45) is 0 Å². The number of aliphatic carboxylic acids is 1. The van der Waals surface area contributed by atoms with Crippen LogP contribution in [-0.2, 0) is 16.0 Å². The van der Waals surface area contributed by atoms with Crippen LogP contribution in [0.3, 0.4) is 0 Å². The lowest BCUT2D eigenvalue weighted by molar-refractivity contribution is -0.195. The third-order valence-electron chi connectivity index (χ3n) is 4.22. The summed E-state index contributed by atoms with van der Waals surface area (Å²) < 4.78 is 40.9. The fraction of sp³-hybridized carbons (Fsp3) is 0.375. The molecule has 128 valence electrons. The number of benzene rings is 1. The zero-order chi connectivity index (χ0) is 17.5. The molecule has 2 N–H and O–H groups in total. The Labute approximate surface area is 135 Å². The lowest BCUT2D eigenvalue weighted by Gasteiger charge is -2.36. The molecule has 3 rings (SSSR count). The van der Waals surface area contributed by atoms with Crippen LogP contribution in [0, 0.1) is 0 Å². The minimum atomic E-state index is -4.64. The monoisotopic (exact) mass is 340 g/mol. The number of carboxylic acid groups (broad SMARTS) is 1. The number of para-hydroxylation sites is 1. The number of aromatic nitrogens is 1. The highest BCUT2D eigenvalue weighted by atomic mass is 19.4. The summed E-state index contributed by atoms with van der Waals surface area (Å²) in [6.45, 7) is -0.0858. The molecule has 0 bridgehead atoms. The number of halogens is 3. The van der Waals surface area contributed by atoms with E-state index >= 15 is 0 Å². The number of rotatable bonds is 3. The van der Waals surface area contributed by atoms with Gasteiger partial charge in [-0.1, -0.05) is 18.2 Å². The first-order chi connectivity index (χ1) is 11.3. The van der Waals surface area contributed by atoms with Crippen LogP contribution < -0.4 is 0 Å². The number of nitrogens with one attached hydrogen (secondary N) is 1. The summed E-state index contributed by atoms with van der Waals surface area (Å²) in [5.41, 5.74) is 1.13. The quantitative estimate of drug-likeness (QED) is 0.902. The Morgan fingerprint density at radius 1 is 1.25 bits per heavy atom. The number of hydrogen-bond donors (Lipinski definition) is 2. The number of carboxylic acids is 1. The molecule has 2 aromatic rings. The predicted octanol–water partition coefficient (Wildman–Crippen LogP) is 3.02. The van der Waals surface area contributed by atoms with Crippen LogP contribution in [0.4, 0.5) is 13.2 Å². The standard InChI is InChI=1S/C16H15F3N2O3/c17-16(18,19)15-14-10(9-3-1-2-4-11(9)20-14)7-8-21(15)12(22)5-6-13(23)24/h1-4,15,20H,5-8H2,(H,23,24)/t15-/m0/s1. The second kappa shape index (κ2) is 5.85. The summed E-state index contributed by atoms with van der Waals surface area (Å²) in [6.07, 6.45) is -5.28. The number of H-pyrrole nitrogens is 1. The predicted molar refractivity (Wildman–Crippen MR) is 79.4 cm³/mol. The van der Waals surface area contributed by atoms with Crippen molar-refractivity contribution in [3.8, 4) is 0 Å². The molecule has 0 radical (unpaired) electrons. The maximum atomic E-state index is 13.6. The molecule has 1 aliphatic heterocycles. The minimum absolute atomic E-state index is 0.0291. The van der Waals surface area contributed by atoms with E-state index in [0.717, 1.165) is 10.3 Å². The second-order valence-electron chi connectivity index (χ2n) is 5.74. The van der Waals surface area contributed by atoms with E-state index in [1.807, 2.05) is 0 Å². The Morgan fingerprint density at radius 2 is 1.96 bits per heavy atom. The average Bonchev–Trinajstić information content (AvgIpc) is 2.88. The molecule has 24 heavy (non-hydrogen) atoms. The largest absolute Gasteiger partial charge is 0.481 e. The van der Waals surface area contributed by atoms with Gasteiger partial charge in [0, 0.05) is 23.9 Å². The maximum absolute atomic E-state index is 13.6. The molecule has 0 spiro atoms. The van der Waals surface area contributed by atoms with Gasteiger partial charge in [0.2, 0.25) is 5.91 Å². The molecule has 0 saturated carbocycles. The molecule has 1 atom stereocenters. The lowest BCUT2D eigenvalue weighted by atomic mass is 9.96. The third-order valence-corrected chi connectivity index (χ3v) is 4.22. The molecular formula is C16H15F3N2O3. The Morgan fingerprint density at radius 3 is 2.62 bits per heavy atom. The number of hydrogen-bond acceptors (Lipinski definition) is 2. The highest BCUT2D eigenvalue weighted by Gasteiger charge is 2.50. The normalized spacial score (nSPS) is 17.8. The van der Waals surface area contributed by atoms with Gasteiger partial charge in [-0.25, -0.2) is 0 Å². The fourth-order valence-electron chi connectivity index (χ4n) is 3.21. The number of aromatic amines is 1. The van der Waals surface area contributed by atoms with Crippen LogP contribution in [-0.4, -0.2) is 39.6 Å². The highest BCUT2D eigenvalue weighted by Crippen LogP contribution is 2.43. The Balaban J connectivity index is 2.01. The van der Waals surface area contributed by atoms with Gasteiger partial charge in [0.1, 0.15) is 0 Å². The van der Waals surface area contributed by atoms with E-state index in [2.05, 4.69) is 4.98 Å². The van der Waals surface area contributed by atoms with Crippen LogP contribution in [0.1, 0.15) is 30.1 Å². The van der Waals surface area contributed by atoms with E-state index in [0.29, 0.717) is 17.5 Å². The first-order valence-corrected chi connectivity index (χ1v) is 7.46. The van der Waals surface area contributed by atoms with Gasteiger partial charge in [0.15, 0.2) is 6.04 Å². The molecule has 1 aliphatic rings. The van der Waals surface area contributed by atoms with E-state index in [1.165, 1.54) is 0 Å². The van der Waals surface area contributed by atoms with Crippen molar-refractivity contribution in [2.45, 2.75) is 31.5 Å². The van der Waals surface area contributed by atoms with E-state index < -0.39 is 36.9 Å². The van der Waals surface area contributed by atoms with Crippen LogP contribution in [0.5, 0.6) is 0 Å². The first kappa shape index (κ1) is 16.4. The van der Waals surface area contributed by atoms with Crippen molar-refractivity contribution in [2.75, 3.05) is 6.54 Å². The molecular weight excluding hydrogens is 325 g/mol. The summed E-state index contributed by atoms with van der Waals surface area (Å²) in [4.78, 5) is 26.2. The SMILES string of the molecule is O=C(O)CCC(=O)N1CCc2c([nH]c3ccccc23)[C@H]1C(F)(F)F. The molecule has 0 unspecified atom stereocenters. The van der Waals surface area contributed by atoms with Crippen molar-refractivity contribution in [3.05, 3.63) is 35.5 Å². The fourth-order valence-corrected chi connectivity index (χ4v) is 3.21. The van der Waals surface area contributed by atoms with Gasteiger partial charge >= 0.3 is 12.1 Å². The number of carbonyl (C=O) groups excluding carboxylic acids is 1. The number of amides is 1. The van der Waals surface area contributed by atoms with Gasteiger partial charge in [-0.15, -0.1) is 0 Å². The molecule has 8 heteroatoms. The number of carbonyl (C=O) groups is 2. The van der Waals surface area contributed by atoms with Gasteiger partial charge in [0.25, 0.3) is 0 Å². The van der Waals surface area contributed by atoms with Crippen molar-refractivity contribution >= 4 is 22.8 Å². The summed E-state index contributed by atoms with van der Waals surface area (Å²) in [5, 5.41) is 9.36. The van der Waals surface area contributed by atoms with Crippen molar-refractivity contribution < 1.29 is 27.9 Å². The van der Waals surface area contributed by atoms with Crippen molar-refractivity contribution in [3.63, 3.8) is 0 Å². The zero-order valence-corrected chi connectivity index (χ0v) is 12.6. The lowest BCUT2D eigenvalue weighted by Crippen LogP contribution is -2.46. The van der Waals surface area contributed by atoms with Gasteiger partial charge < -0.3 is 15.0 Å². The Kier molecular flexibility index (Phi) is 3.98. The van der Waals surface area contributed by atoms with Crippen LogP contribution >= 0.6 is 0 Å². The first-order valence-electron chi connectivity index (χ1n) is 7.46. The minimum Gasteiger partial charge on any atom is -0.481 e. The van der Waals surface area contributed by atoms with E-state index in [1.54, 1.807) is 24.3 Å². The van der Waals surface area contributed by atoms with Crippen molar-refractivity contribution in [1.29, 1.82) is 0 Å². The molecule has 0 saturated heterocycles.